The molecule has 0 atom stereocenters. The van der Waals surface area contributed by atoms with Gasteiger partial charge in [-0.25, -0.2) is 0 Å². The second-order valence-electron chi connectivity index (χ2n) is 5.72. The van der Waals surface area contributed by atoms with Gasteiger partial charge in [0.05, 0.1) is 0 Å². The fourth-order valence-corrected chi connectivity index (χ4v) is 6.05. The summed E-state index contributed by atoms with van der Waals surface area (Å²) in [4.78, 5) is 0.378. The summed E-state index contributed by atoms with van der Waals surface area (Å²) in [7, 11) is -3.50. The fraction of sp³-hybridized carbons (Fsp3) is 0.250. The van der Waals surface area contributed by atoms with Crippen LogP contribution in [0.15, 0.2) is 59.5 Å². The van der Waals surface area contributed by atoms with Crippen molar-refractivity contribution >= 4 is 33.9 Å². The molecule has 2 rings (SSSR count). The fourth-order valence-electron chi connectivity index (χ4n) is 1.83. The predicted octanol–water partition coefficient (Wildman–Crippen LogP) is 1.42. The minimum atomic E-state index is -3.50. The van der Waals surface area contributed by atoms with Gasteiger partial charge in [-0.2, -0.15) is 0 Å². The maximum absolute atomic E-state index is 12.6. The first-order valence-electron chi connectivity index (χ1n) is 6.64. The third-order valence-electron chi connectivity index (χ3n) is 2.55. The zero-order valence-corrected chi connectivity index (χ0v) is 14.9. The van der Waals surface area contributed by atoms with Crippen LogP contribution in [0.4, 0.5) is 0 Å². The van der Waals surface area contributed by atoms with Gasteiger partial charge >= 0.3 is 133 Å². The van der Waals surface area contributed by atoms with Crippen LogP contribution < -0.4 is 13.6 Å². The number of benzene rings is 2. The Hall–Kier alpha value is -1.13. The van der Waals surface area contributed by atoms with E-state index in [1.807, 2.05) is 63.2 Å². The van der Waals surface area contributed by atoms with Crippen molar-refractivity contribution in [2.24, 2.45) is 0 Å². The third kappa shape index (κ3) is 4.68. The van der Waals surface area contributed by atoms with E-state index in [0.717, 1.165) is 8.92 Å². The SMILES string of the molecule is CC(C)(C)NS(=O)(=O)c1ccccc1[Se]c1ccccc1. The van der Waals surface area contributed by atoms with Crippen molar-refractivity contribution in [2.45, 2.75) is 31.2 Å². The Kier molecular flexibility index (Phi) is 4.89. The standard InChI is InChI=1S/C16H19NO2SSe/c1-16(2,3)17-20(18,19)14-11-7-8-12-15(14)21-13-9-5-4-6-10-13/h4-12,17H,1-3H3. The molecule has 1 N–H and O–H groups in total. The molecule has 0 unspecified atom stereocenters. The first-order valence-corrected chi connectivity index (χ1v) is 9.83. The summed E-state index contributed by atoms with van der Waals surface area (Å²) in [6.07, 6.45) is 0. The van der Waals surface area contributed by atoms with E-state index in [1.165, 1.54) is 0 Å². The van der Waals surface area contributed by atoms with Crippen molar-refractivity contribution in [3.8, 4) is 0 Å². The van der Waals surface area contributed by atoms with Gasteiger partial charge in [0.1, 0.15) is 0 Å². The van der Waals surface area contributed by atoms with Gasteiger partial charge in [0.25, 0.3) is 0 Å². The van der Waals surface area contributed by atoms with E-state index in [9.17, 15) is 8.42 Å². The molecule has 0 spiro atoms. The Balaban J connectivity index is 2.38. The van der Waals surface area contributed by atoms with Gasteiger partial charge in [0, 0.05) is 0 Å². The molecular weight excluding hydrogens is 349 g/mol. The molecule has 0 radical (unpaired) electrons. The summed E-state index contributed by atoms with van der Waals surface area (Å²) in [5.74, 6) is 0. The van der Waals surface area contributed by atoms with Gasteiger partial charge in [0.2, 0.25) is 0 Å². The molecule has 0 fully saturated rings. The molecule has 0 aromatic heterocycles. The van der Waals surface area contributed by atoms with Crippen molar-refractivity contribution < 1.29 is 8.42 Å². The van der Waals surface area contributed by atoms with Crippen molar-refractivity contribution in [3.05, 3.63) is 54.6 Å². The Morgan fingerprint density at radius 3 is 2.10 bits per heavy atom. The molecule has 21 heavy (non-hydrogen) atoms. The van der Waals surface area contributed by atoms with E-state index >= 15 is 0 Å². The molecule has 0 aliphatic carbocycles. The molecule has 112 valence electrons. The first kappa shape index (κ1) is 16.2. The third-order valence-corrected chi connectivity index (χ3v) is 6.93. The van der Waals surface area contributed by atoms with Crippen LogP contribution in [0.25, 0.3) is 0 Å². The van der Waals surface area contributed by atoms with E-state index in [0.29, 0.717) is 4.90 Å². The van der Waals surface area contributed by atoms with Gasteiger partial charge in [-0.1, -0.05) is 0 Å². The molecule has 0 heterocycles. The average Bonchev–Trinajstić information content (AvgIpc) is 2.37. The summed E-state index contributed by atoms with van der Waals surface area (Å²) in [5, 5.41) is 0. The van der Waals surface area contributed by atoms with Crippen molar-refractivity contribution in [3.63, 3.8) is 0 Å². The van der Waals surface area contributed by atoms with Crippen LogP contribution in [0.5, 0.6) is 0 Å². The van der Waals surface area contributed by atoms with Gasteiger partial charge in [-0.15, -0.1) is 0 Å². The molecule has 2 aromatic carbocycles. The monoisotopic (exact) mass is 369 g/mol. The molecule has 0 aliphatic rings. The molecule has 0 bridgehead atoms. The van der Waals surface area contributed by atoms with E-state index in [1.54, 1.807) is 12.1 Å². The number of nitrogens with one attached hydrogen (secondary N) is 1. The van der Waals surface area contributed by atoms with Crippen molar-refractivity contribution in [2.75, 3.05) is 0 Å². The molecule has 0 saturated heterocycles. The molecular formula is C16H19NO2SSe. The minimum absolute atomic E-state index is 0.0372. The van der Waals surface area contributed by atoms with Crippen LogP contribution in [0, 0.1) is 0 Å². The van der Waals surface area contributed by atoms with E-state index < -0.39 is 15.6 Å². The first-order chi connectivity index (χ1) is 9.78. The van der Waals surface area contributed by atoms with Crippen molar-refractivity contribution in [1.82, 2.24) is 4.72 Å². The normalized spacial score (nSPS) is 12.3. The number of sulfonamides is 1. The van der Waals surface area contributed by atoms with Crippen LogP contribution in [-0.4, -0.2) is 28.9 Å². The molecule has 3 nitrogen and oxygen atoms in total. The molecule has 0 amide bonds. The van der Waals surface area contributed by atoms with Crippen LogP contribution >= 0.6 is 0 Å². The quantitative estimate of drug-likeness (QED) is 0.830. The number of hydrogen-bond acceptors (Lipinski definition) is 2. The van der Waals surface area contributed by atoms with Gasteiger partial charge < -0.3 is 0 Å². The van der Waals surface area contributed by atoms with E-state index in [2.05, 4.69) is 4.72 Å². The Bertz CT molecular complexity index is 707. The molecule has 0 saturated carbocycles. The summed E-state index contributed by atoms with van der Waals surface area (Å²) in [5.41, 5.74) is -0.494. The van der Waals surface area contributed by atoms with Crippen LogP contribution in [-0.2, 0) is 10.0 Å². The van der Waals surface area contributed by atoms with Crippen LogP contribution in [0.3, 0.4) is 0 Å². The second-order valence-corrected chi connectivity index (χ2v) is 9.71. The van der Waals surface area contributed by atoms with E-state index in [4.69, 9.17) is 0 Å². The zero-order chi connectivity index (χ0) is 15.5. The maximum atomic E-state index is 12.6. The molecule has 0 aliphatic heterocycles. The number of hydrogen-bond donors (Lipinski definition) is 1. The number of rotatable bonds is 4. The van der Waals surface area contributed by atoms with Gasteiger partial charge in [-0.05, 0) is 0 Å². The zero-order valence-electron chi connectivity index (χ0n) is 12.3. The molecule has 2 aromatic rings. The predicted molar refractivity (Wildman–Crippen MR) is 88.0 cm³/mol. The summed E-state index contributed by atoms with van der Waals surface area (Å²) >= 11 is -0.0372. The summed E-state index contributed by atoms with van der Waals surface area (Å²) < 4.78 is 29.9. The topological polar surface area (TPSA) is 46.2 Å². The summed E-state index contributed by atoms with van der Waals surface area (Å²) in [6.45, 7) is 5.53. The van der Waals surface area contributed by atoms with Gasteiger partial charge in [-0.3, -0.25) is 0 Å². The van der Waals surface area contributed by atoms with Crippen molar-refractivity contribution in [1.29, 1.82) is 0 Å². The molecule has 5 heteroatoms. The summed E-state index contributed by atoms with van der Waals surface area (Å²) in [6, 6.07) is 17.2. The average molecular weight is 368 g/mol. The Morgan fingerprint density at radius 2 is 1.48 bits per heavy atom. The Morgan fingerprint density at radius 1 is 0.905 bits per heavy atom. The van der Waals surface area contributed by atoms with E-state index in [-0.39, 0.29) is 15.0 Å². The van der Waals surface area contributed by atoms with Crippen LogP contribution in [0.1, 0.15) is 20.8 Å². The second kappa shape index (κ2) is 6.32. The Labute approximate surface area is 133 Å². The van der Waals surface area contributed by atoms with Gasteiger partial charge in [0.15, 0.2) is 0 Å². The van der Waals surface area contributed by atoms with Crippen LogP contribution in [0.2, 0.25) is 0 Å².